The third-order valence-electron chi connectivity index (χ3n) is 8.22. The van der Waals surface area contributed by atoms with Gasteiger partial charge in [0.05, 0.1) is 19.1 Å². The highest BCUT2D eigenvalue weighted by molar-refractivity contribution is 7.10. The van der Waals surface area contributed by atoms with E-state index in [4.69, 9.17) is 15.9 Å². The predicted octanol–water partition coefficient (Wildman–Crippen LogP) is 4.81. The molecule has 3 amide bonds. The number of amides is 3. The van der Waals surface area contributed by atoms with Crippen molar-refractivity contribution in [1.82, 2.24) is 15.5 Å². The van der Waals surface area contributed by atoms with Gasteiger partial charge >= 0.3 is 0 Å². The number of para-hydroxylation sites is 1. The first-order chi connectivity index (χ1) is 22.0. The van der Waals surface area contributed by atoms with Crippen molar-refractivity contribution in [2.24, 2.45) is 5.73 Å². The molecule has 236 valence electrons. The van der Waals surface area contributed by atoms with E-state index in [0.717, 1.165) is 4.88 Å². The third kappa shape index (κ3) is 5.95. The van der Waals surface area contributed by atoms with Gasteiger partial charge in [-0.2, -0.15) is 8.78 Å². The second-order valence-corrected chi connectivity index (χ2v) is 12.2. The molecule has 12 heteroatoms. The molecule has 1 aliphatic heterocycles. The molecule has 0 unspecified atom stereocenters. The van der Waals surface area contributed by atoms with E-state index in [0.29, 0.717) is 16.9 Å². The highest BCUT2D eigenvalue weighted by atomic mass is 32.1. The Hall–Kier alpha value is -5.10. The zero-order valence-corrected chi connectivity index (χ0v) is 25.6. The van der Waals surface area contributed by atoms with Crippen molar-refractivity contribution in [2.45, 2.75) is 37.5 Å². The molecule has 2 heterocycles. The minimum Gasteiger partial charge on any atom is -0.488 e. The van der Waals surface area contributed by atoms with Gasteiger partial charge in [-0.3, -0.25) is 19.8 Å². The van der Waals surface area contributed by atoms with Crippen LogP contribution in [0, 0.1) is 5.41 Å². The smallest absolute Gasteiger partial charge is 0.299 e. The Balaban J connectivity index is 1.15. The number of hydrogen-bond donors (Lipinski definition) is 4. The fourth-order valence-corrected chi connectivity index (χ4v) is 6.79. The van der Waals surface area contributed by atoms with Gasteiger partial charge in [-0.25, -0.2) is 0 Å². The number of halogens is 2. The molecule has 9 nitrogen and oxygen atoms in total. The van der Waals surface area contributed by atoms with Crippen LogP contribution in [-0.4, -0.2) is 53.7 Å². The average molecular weight is 644 g/mol. The third-order valence-corrected chi connectivity index (χ3v) is 9.34. The summed E-state index contributed by atoms with van der Waals surface area (Å²) in [5, 5.41) is 14.9. The summed E-state index contributed by atoms with van der Waals surface area (Å²) in [4.78, 5) is 42.3. The van der Waals surface area contributed by atoms with Crippen molar-refractivity contribution in [3.05, 3.63) is 111 Å². The van der Waals surface area contributed by atoms with Crippen molar-refractivity contribution in [3.8, 4) is 16.9 Å². The maximum absolute atomic E-state index is 15.0. The first-order valence-electron chi connectivity index (χ1n) is 14.7. The van der Waals surface area contributed by atoms with Crippen LogP contribution in [0.1, 0.15) is 51.3 Å². The van der Waals surface area contributed by atoms with Crippen LogP contribution in [-0.2, 0) is 15.5 Å². The summed E-state index contributed by atoms with van der Waals surface area (Å²) in [6.45, 7) is 1.51. The molecule has 0 saturated carbocycles. The summed E-state index contributed by atoms with van der Waals surface area (Å²) in [7, 11) is 0. The molecule has 5 N–H and O–H groups in total. The van der Waals surface area contributed by atoms with Crippen LogP contribution in [0.4, 0.5) is 8.78 Å². The van der Waals surface area contributed by atoms with E-state index in [1.165, 1.54) is 40.5 Å². The zero-order chi connectivity index (χ0) is 32.6. The molecule has 46 heavy (non-hydrogen) atoms. The van der Waals surface area contributed by atoms with Crippen LogP contribution in [0.15, 0.2) is 84.2 Å². The van der Waals surface area contributed by atoms with Crippen molar-refractivity contribution in [3.63, 3.8) is 0 Å². The summed E-state index contributed by atoms with van der Waals surface area (Å²) < 4.78 is 36.0. The van der Waals surface area contributed by atoms with Crippen LogP contribution in [0.2, 0.25) is 0 Å². The van der Waals surface area contributed by atoms with Gasteiger partial charge in [0.2, 0.25) is 11.8 Å². The number of likely N-dealkylation sites (tertiary alicyclic amines) is 1. The number of amidine groups is 1. The average Bonchev–Trinajstić information content (AvgIpc) is 3.77. The normalized spacial score (nSPS) is 18.3. The molecule has 3 atom stereocenters. The summed E-state index contributed by atoms with van der Waals surface area (Å²) >= 11 is 1.36. The Morgan fingerprint density at radius 1 is 1.02 bits per heavy atom. The van der Waals surface area contributed by atoms with E-state index in [2.05, 4.69) is 10.6 Å². The molecule has 1 saturated heterocycles. The van der Waals surface area contributed by atoms with Crippen molar-refractivity contribution in [1.29, 1.82) is 5.41 Å². The lowest BCUT2D eigenvalue weighted by molar-refractivity contribution is -0.138. The number of ether oxygens (including phenoxy) is 1. The number of fused-ring (bicyclic) bond motifs is 3. The largest absolute Gasteiger partial charge is 0.488 e. The van der Waals surface area contributed by atoms with E-state index >= 15 is 0 Å². The Labute approximate surface area is 267 Å². The van der Waals surface area contributed by atoms with Crippen LogP contribution in [0.25, 0.3) is 11.1 Å². The van der Waals surface area contributed by atoms with Gasteiger partial charge in [0.15, 0.2) is 0 Å². The number of thiophene rings is 1. The van der Waals surface area contributed by atoms with Gasteiger partial charge in [-0.15, -0.1) is 11.3 Å². The quantitative estimate of drug-likeness (QED) is 0.153. The van der Waals surface area contributed by atoms with Gasteiger partial charge in [-0.1, -0.05) is 48.5 Å². The zero-order valence-electron chi connectivity index (χ0n) is 24.8. The molecule has 1 aliphatic carbocycles. The summed E-state index contributed by atoms with van der Waals surface area (Å²) in [5.74, 6) is -4.12. The van der Waals surface area contributed by atoms with E-state index in [-0.39, 0.29) is 47.0 Å². The van der Waals surface area contributed by atoms with Gasteiger partial charge in [0.25, 0.3) is 11.8 Å². The highest BCUT2D eigenvalue weighted by Gasteiger charge is 2.44. The minimum absolute atomic E-state index is 0.0702. The lowest BCUT2D eigenvalue weighted by atomic mass is 10.0. The Morgan fingerprint density at radius 2 is 1.74 bits per heavy atom. The first-order valence-corrected chi connectivity index (χ1v) is 15.6. The van der Waals surface area contributed by atoms with Gasteiger partial charge in [0.1, 0.15) is 23.7 Å². The maximum atomic E-state index is 15.0. The Kier molecular flexibility index (Phi) is 8.30. The second-order valence-electron chi connectivity index (χ2n) is 11.3. The van der Waals surface area contributed by atoms with Crippen LogP contribution in [0.5, 0.6) is 5.75 Å². The minimum atomic E-state index is -3.17. The molecule has 3 aromatic carbocycles. The molecule has 4 aromatic rings. The van der Waals surface area contributed by atoms with E-state index in [9.17, 15) is 23.2 Å². The lowest BCUT2D eigenvalue weighted by Gasteiger charge is -2.25. The fourth-order valence-electron chi connectivity index (χ4n) is 5.88. The van der Waals surface area contributed by atoms with Crippen LogP contribution in [0.3, 0.4) is 0 Å². The summed E-state index contributed by atoms with van der Waals surface area (Å²) in [5.41, 5.74) is 6.62. The molecule has 0 bridgehead atoms. The van der Waals surface area contributed by atoms with Gasteiger partial charge < -0.3 is 26.0 Å². The Bertz CT molecular complexity index is 1830. The number of rotatable bonds is 9. The predicted molar refractivity (Wildman–Crippen MR) is 170 cm³/mol. The number of nitrogens with zero attached hydrogens (tertiary/aromatic N) is 1. The number of carbonyl (C=O) groups excluding carboxylic acids is 3. The van der Waals surface area contributed by atoms with E-state index in [1.807, 2.05) is 18.2 Å². The monoisotopic (exact) mass is 643 g/mol. The molecule has 1 fully saturated rings. The lowest BCUT2D eigenvalue weighted by Crippen LogP contribution is -2.49. The standard InChI is InChI=1S/C34H31F2N5O4S/c1-19(29-14-21(18-46-29)31(37)38)40-33(44)28-15-23(45-22-7-3-2-4-8-22)17-41(28)30(42)16-39-32(43)20-11-12-27-25(13-20)24-9-5-6-10-26(24)34(27,35)36/h2-14,18-19,23,28H,15-17H2,1H3,(H3,37,38)(H,39,43)(H,40,44)/t19-,23-,28+/m1/s1. The molecule has 2 aliphatic rings. The van der Waals surface area contributed by atoms with Gasteiger partial charge in [0, 0.05) is 38.9 Å². The highest BCUT2D eigenvalue weighted by Crippen LogP contribution is 2.50. The number of nitrogen functional groups attached to an aromatic ring is 1. The topological polar surface area (TPSA) is 138 Å². The number of benzene rings is 3. The molecule has 0 radical (unpaired) electrons. The molecule has 1 aromatic heterocycles. The number of carbonyl (C=O) groups is 3. The molecule has 6 rings (SSSR count). The SMILES string of the molecule is C[C@@H](NC(=O)[C@@H]1C[C@@H](Oc2ccccc2)CN1C(=O)CNC(=O)c1ccc2c(c1)-c1ccccc1C2(F)F)c1cc(C(=N)N)cs1. The number of hydrogen-bond acceptors (Lipinski definition) is 6. The van der Waals surface area contributed by atoms with Crippen molar-refractivity contribution < 1.29 is 27.9 Å². The Morgan fingerprint density at radius 3 is 2.48 bits per heavy atom. The number of nitrogens with one attached hydrogen (secondary N) is 3. The first kappa shape index (κ1) is 30.9. The van der Waals surface area contributed by atoms with E-state index in [1.54, 1.807) is 48.7 Å². The maximum Gasteiger partial charge on any atom is 0.299 e. The van der Waals surface area contributed by atoms with Crippen molar-refractivity contribution >= 4 is 34.9 Å². The number of nitrogens with two attached hydrogens (primary N) is 1. The summed E-state index contributed by atoms with van der Waals surface area (Å²) in [6, 6.07) is 19.7. The van der Waals surface area contributed by atoms with Crippen LogP contribution >= 0.6 is 11.3 Å². The van der Waals surface area contributed by atoms with Gasteiger partial charge in [-0.05, 0) is 48.4 Å². The second kappa shape index (κ2) is 12.4. The van der Waals surface area contributed by atoms with Crippen molar-refractivity contribution in [2.75, 3.05) is 13.1 Å². The molecule has 0 spiro atoms. The number of alkyl halides is 2. The summed E-state index contributed by atoms with van der Waals surface area (Å²) in [6.07, 6.45) is -0.244. The van der Waals surface area contributed by atoms with Crippen LogP contribution < -0.4 is 21.1 Å². The van der Waals surface area contributed by atoms with E-state index < -0.39 is 42.5 Å². The molecular weight excluding hydrogens is 612 g/mol. The fraction of sp³-hybridized carbons (Fsp3) is 0.235. The molecular formula is C34H31F2N5O4S.